The van der Waals surface area contributed by atoms with E-state index >= 15 is 0 Å². The molecule has 1 atom stereocenters. The summed E-state index contributed by atoms with van der Waals surface area (Å²) in [5, 5.41) is 0. The molecule has 0 aromatic rings. The fraction of sp³-hybridized carbons (Fsp3) is 0.700. The number of phosphoric ester groups is 1. The third kappa shape index (κ3) is 12.6. The van der Waals surface area contributed by atoms with E-state index in [9.17, 15) is 14.3 Å². The first-order valence-corrected chi connectivity index (χ1v) is 6.79. The molecule has 0 aliphatic carbocycles. The predicted octanol–water partition coefficient (Wildman–Crippen LogP) is -0.825. The molecule has 0 aliphatic heterocycles. The molecule has 0 fully saturated rings. The zero-order chi connectivity index (χ0) is 12.4. The third-order valence-corrected chi connectivity index (χ3v) is 2.77. The zero-order valence-electron chi connectivity index (χ0n) is 10.5. The van der Waals surface area contributed by atoms with Crippen molar-refractivity contribution in [1.82, 2.24) is 0 Å². The standard InChI is InChI=1S/C10H19O5P.Na/c1-3-5-6-7-8-9-14-16(12,13)15-10(11)4-2;/h4H,2-3,5-9H2,1H3,(H,12,13);/q;+1/p-1. The van der Waals surface area contributed by atoms with Crippen molar-refractivity contribution in [1.29, 1.82) is 0 Å². The summed E-state index contributed by atoms with van der Waals surface area (Å²) in [7, 11) is -4.49. The van der Waals surface area contributed by atoms with Crippen molar-refractivity contribution in [2.75, 3.05) is 6.61 Å². The van der Waals surface area contributed by atoms with Gasteiger partial charge in [0.05, 0.1) is 6.61 Å². The van der Waals surface area contributed by atoms with Crippen LogP contribution in [0.3, 0.4) is 0 Å². The number of carbonyl (C=O) groups is 1. The molecule has 0 aromatic carbocycles. The summed E-state index contributed by atoms with van der Waals surface area (Å²) in [5.41, 5.74) is 0. The summed E-state index contributed by atoms with van der Waals surface area (Å²) in [6, 6.07) is 0. The smallest absolute Gasteiger partial charge is 0.746 e. The second kappa shape index (κ2) is 11.5. The zero-order valence-corrected chi connectivity index (χ0v) is 13.4. The van der Waals surface area contributed by atoms with E-state index in [1.165, 1.54) is 0 Å². The van der Waals surface area contributed by atoms with Gasteiger partial charge in [0.25, 0.3) is 0 Å². The minimum atomic E-state index is -4.49. The maximum Gasteiger partial charge on any atom is 1.00 e. The third-order valence-electron chi connectivity index (χ3n) is 1.87. The molecule has 0 bridgehead atoms. The van der Waals surface area contributed by atoms with Crippen LogP contribution in [0.2, 0.25) is 0 Å². The van der Waals surface area contributed by atoms with Crippen molar-refractivity contribution in [3.63, 3.8) is 0 Å². The Balaban J connectivity index is 0. The van der Waals surface area contributed by atoms with Crippen LogP contribution in [0.1, 0.15) is 39.0 Å². The topological polar surface area (TPSA) is 75.7 Å². The van der Waals surface area contributed by atoms with E-state index in [1.54, 1.807) is 0 Å². The number of carbonyl (C=O) groups excluding carboxylic acids is 1. The Morgan fingerprint density at radius 3 is 2.47 bits per heavy atom. The normalized spacial score (nSPS) is 13.3. The van der Waals surface area contributed by atoms with Crippen LogP contribution >= 0.6 is 7.82 Å². The van der Waals surface area contributed by atoms with Gasteiger partial charge in [-0.25, -0.2) is 4.79 Å². The van der Waals surface area contributed by atoms with Crippen LogP contribution in [0, 0.1) is 0 Å². The van der Waals surface area contributed by atoms with E-state index in [-0.39, 0.29) is 36.2 Å². The molecular formula is C10H18NaO5P. The van der Waals surface area contributed by atoms with E-state index in [0.717, 1.165) is 31.8 Å². The van der Waals surface area contributed by atoms with E-state index in [0.29, 0.717) is 6.42 Å². The minimum Gasteiger partial charge on any atom is -0.746 e. The Kier molecular flexibility index (Phi) is 13.3. The summed E-state index contributed by atoms with van der Waals surface area (Å²) in [6.45, 7) is 5.23. The van der Waals surface area contributed by atoms with Crippen LogP contribution in [0.4, 0.5) is 0 Å². The summed E-state index contributed by atoms with van der Waals surface area (Å²) in [4.78, 5) is 21.6. The first kappa shape index (κ1) is 19.7. The number of hydrogen-bond donors (Lipinski definition) is 0. The van der Waals surface area contributed by atoms with Crippen LogP contribution in [-0.4, -0.2) is 12.6 Å². The summed E-state index contributed by atoms with van der Waals surface area (Å²) >= 11 is 0. The molecule has 0 rings (SSSR count). The monoisotopic (exact) mass is 272 g/mol. The Morgan fingerprint density at radius 2 is 1.94 bits per heavy atom. The van der Waals surface area contributed by atoms with Crippen LogP contribution in [0.5, 0.6) is 0 Å². The quantitative estimate of drug-likeness (QED) is 0.237. The second-order valence-electron chi connectivity index (χ2n) is 3.31. The average molecular weight is 272 g/mol. The Morgan fingerprint density at radius 1 is 1.35 bits per heavy atom. The summed E-state index contributed by atoms with van der Waals surface area (Å²) < 4.78 is 19.5. The molecule has 94 valence electrons. The van der Waals surface area contributed by atoms with Crippen LogP contribution in [0.15, 0.2) is 12.7 Å². The number of hydrogen-bond acceptors (Lipinski definition) is 5. The van der Waals surface area contributed by atoms with Gasteiger partial charge in [-0.05, 0) is 6.42 Å². The molecule has 0 spiro atoms. The Bertz CT molecular complexity index is 269. The number of rotatable bonds is 9. The van der Waals surface area contributed by atoms with Gasteiger partial charge in [0.2, 0.25) is 0 Å². The van der Waals surface area contributed by atoms with Crippen molar-refractivity contribution in [3.8, 4) is 0 Å². The number of phosphoric acid groups is 1. The molecule has 7 heteroatoms. The molecule has 0 aliphatic rings. The van der Waals surface area contributed by atoms with Crippen molar-refractivity contribution in [2.24, 2.45) is 0 Å². The molecule has 0 saturated heterocycles. The molecular weight excluding hydrogens is 254 g/mol. The van der Waals surface area contributed by atoms with Gasteiger partial charge in [-0.3, -0.25) is 4.57 Å². The van der Waals surface area contributed by atoms with E-state index < -0.39 is 13.8 Å². The van der Waals surface area contributed by atoms with Gasteiger partial charge in [0.1, 0.15) is 0 Å². The van der Waals surface area contributed by atoms with Gasteiger partial charge in [0.15, 0.2) is 0 Å². The molecule has 1 unspecified atom stereocenters. The first-order valence-electron chi connectivity index (χ1n) is 5.33. The van der Waals surface area contributed by atoms with Crippen LogP contribution in [0.25, 0.3) is 0 Å². The van der Waals surface area contributed by atoms with E-state index in [4.69, 9.17) is 0 Å². The molecule has 0 radical (unpaired) electrons. The van der Waals surface area contributed by atoms with Gasteiger partial charge in [-0.1, -0.05) is 39.2 Å². The molecule has 17 heavy (non-hydrogen) atoms. The van der Waals surface area contributed by atoms with Gasteiger partial charge >= 0.3 is 43.3 Å². The first-order chi connectivity index (χ1) is 7.52. The molecule has 0 N–H and O–H groups in total. The van der Waals surface area contributed by atoms with Crippen LogP contribution < -0.4 is 34.5 Å². The van der Waals surface area contributed by atoms with Crippen molar-refractivity contribution in [3.05, 3.63) is 12.7 Å². The predicted molar refractivity (Wildman–Crippen MR) is 58.6 cm³/mol. The van der Waals surface area contributed by atoms with Crippen molar-refractivity contribution < 1.29 is 52.9 Å². The summed E-state index contributed by atoms with van der Waals surface area (Å²) in [5.74, 6) is -1.02. The maximum atomic E-state index is 11.0. The molecule has 0 saturated carbocycles. The fourth-order valence-corrected chi connectivity index (χ4v) is 1.76. The Hall–Kier alpha value is 0.360. The van der Waals surface area contributed by atoms with Gasteiger partial charge in [-0.2, -0.15) is 0 Å². The molecule has 0 heterocycles. The maximum absolute atomic E-state index is 11.0. The SMILES string of the molecule is C=CC(=O)OP(=O)([O-])OCCCCCCC.[Na+]. The summed E-state index contributed by atoms with van der Waals surface area (Å²) in [6.07, 6.45) is 5.62. The Labute approximate surface area is 124 Å². The van der Waals surface area contributed by atoms with Crippen molar-refractivity contribution >= 4 is 13.8 Å². The second-order valence-corrected chi connectivity index (χ2v) is 4.64. The minimum absolute atomic E-state index is 0. The largest absolute Gasteiger partial charge is 1.00 e. The average Bonchev–Trinajstić information content (AvgIpc) is 2.22. The van der Waals surface area contributed by atoms with E-state index in [2.05, 4.69) is 22.6 Å². The van der Waals surface area contributed by atoms with E-state index in [1.807, 2.05) is 0 Å². The van der Waals surface area contributed by atoms with Crippen molar-refractivity contribution in [2.45, 2.75) is 39.0 Å². The number of unbranched alkanes of at least 4 members (excludes halogenated alkanes) is 4. The van der Waals surface area contributed by atoms with Gasteiger partial charge in [0, 0.05) is 6.08 Å². The van der Waals surface area contributed by atoms with Gasteiger partial charge in [-0.15, -0.1) is 0 Å². The fourth-order valence-electron chi connectivity index (χ4n) is 1.06. The van der Waals surface area contributed by atoms with Crippen LogP contribution in [-0.2, 0) is 18.4 Å². The van der Waals surface area contributed by atoms with Gasteiger partial charge < -0.3 is 13.9 Å². The molecule has 0 amide bonds. The molecule has 0 aromatic heterocycles. The molecule has 5 nitrogen and oxygen atoms in total.